The van der Waals surface area contributed by atoms with E-state index in [0.717, 1.165) is 0 Å². The van der Waals surface area contributed by atoms with Gasteiger partial charge in [-0.3, -0.25) is 0 Å². The van der Waals surface area contributed by atoms with Crippen LogP contribution in [0.5, 0.6) is 0 Å². The van der Waals surface area contributed by atoms with E-state index < -0.39 is 25.4 Å². The van der Waals surface area contributed by atoms with Gasteiger partial charge in [-0.2, -0.15) is 22.0 Å². The molecule has 78 valence electrons. The maximum Gasteiger partial charge on any atom is 0.457 e. The van der Waals surface area contributed by atoms with E-state index in [1.165, 1.54) is 19.6 Å². The van der Waals surface area contributed by atoms with Gasteiger partial charge in [-0.25, -0.2) is 0 Å². The second-order valence-corrected chi connectivity index (χ2v) is 8.90. The molecular formula is C7H11F5Si. The normalized spacial score (nSPS) is 14.5. The van der Waals surface area contributed by atoms with Crippen molar-refractivity contribution in [3.05, 3.63) is 11.8 Å². The molecule has 0 saturated carbocycles. The first-order valence-corrected chi connectivity index (χ1v) is 7.05. The summed E-state index contributed by atoms with van der Waals surface area (Å²) in [6.45, 7) is 7.05. The number of hydrogen-bond donors (Lipinski definition) is 0. The lowest BCUT2D eigenvalue weighted by Crippen LogP contribution is -2.46. The Hall–Kier alpha value is -0.393. The molecule has 0 aromatic heterocycles. The van der Waals surface area contributed by atoms with Gasteiger partial charge in [0.05, 0.1) is 8.07 Å². The predicted octanol–water partition coefficient (Wildman–Crippen LogP) is 3.62. The van der Waals surface area contributed by atoms with E-state index in [4.69, 9.17) is 0 Å². The molecule has 0 rings (SSSR count). The fraction of sp³-hybridized carbons (Fsp3) is 0.714. The fourth-order valence-corrected chi connectivity index (χ4v) is 1.73. The average Bonchev–Trinajstić information content (AvgIpc) is 1.81. The minimum Gasteiger partial charge on any atom is -0.192 e. The minimum atomic E-state index is -5.52. The van der Waals surface area contributed by atoms with Crippen molar-refractivity contribution in [2.24, 2.45) is 0 Å². The highest BCUT2D eigenvalue weighted by molar-refractivity contribution is 6.83. The summed E-state index contributed by atoms with van der Waals surface area (Å²) in [6, 6.07) is 0. The monoisotopic (exact) mass is 218 g/mol. The summed E-state index contributed by atoms with van der Waals surface area (Å²) in [5, 5.41) is -0.979. The van der Waals surface area contributed by atoms with Crippen LogP contribution >= 0.6 is 0 Å². The van der Waals surface area contributed by atoms with Gasteiger partial charge in [0.2, 0.25) is 0 Å². The van der Waals surface area contributed by atoms with E-state index in [-0.39, 0.29) is 0 Å². The van der Waals surface area contributed by atoms with Gasteiger partial charge >= 0.3 is 12.1 Å². The van der Waals surface area contributed by atoms with Crippen molar-refractivity contribution in [3.8, 4) is 0 Å². The lowest BCUT2D eigenvalue weighted by molar-refractivity contribution is -0.261. The average molecular weight is 218 g/mol. The zero-order valence-electron chi connectivity index (χ0n) is 7.60. The van der Waals surface area contributed by atoms with Crippen LogP contribution in [0.2, 0.25) is 19.6 Å². The first kappa shape index (κ1) is 12.6. The Kier molecular flexibility index (Phi) is 2.98. The Bertz CT molecular complexity index is 210. The van der Waals surface area contributed by atoms with Crippen LogP contribution in [0.1, 0.15) is 0 Å². The molecule has 13 heavy (non-hydrogen) atoms. The van der Waals surface area contributed by atoms with Crippen LogP contribution in [-0.4, -0.2) is 20.2 Å². The molecule has 0 aliphatic heterocycles. The van der Waals surface area contributed by atoms with Gasteiger partial charge < -0.3 is 0 Å². The summed E-state index contributed by atoms with van der Waals surface area (Å²) in [4.78, 5) is 0. The molecule has 0 atom stereocenters. The van der Waals surface area contributed by atoms with Gasteiger partial charge in [0.1, 0.15) is 0 Å². The second-order valence-electron chi connectivity index (χ2n) is 3.80. The van der Waals surface area contributed by atoms with Gasteiger partial charge in [-0.05, 0) is 5.20 Å². The molecule has 6 heteroatoms. The second kappa shape index (κ2) is 3.08. The van der Waals surface area contributed by atoms with Gasteiger partial charge in [0.25, 0.3) is 0 Å². The standard InChI is InChI=1S/C7H11F5Si/c1-5(13(2,3)4)6(8,9)7(10,11)12/h1H2,2-4H3. The van der Waals surface area contributed by atoms with Crippen molar-refractivity contribution in [3.63, 3.8) is 0 Å². The summed E-state index contributed by atoms with van der Waals surface area (Å²) in [5.41, 5.74) is 0. The molecular weight excluding hydrogens is 207 g/mol. The van der Waals surface area contributed by atoms with Crippen molar-refractivity contribution in [1.29, 1.82) is 0 Å². The first-order valence-electron chi connectivity index (χ1n) is 3.55. The third kappa shape index (κ3) is 2.52. The van der Waals surface area contributed by atoms with Crippen LogP contribution in [-0.2, 0) is 0 Å². The zero-order chi connectivity index (χ0) is 11.1. The molecule has 0 radical (unpaired) electrons. The maximum absolute atomic E-state index is 12.6. The van der Waals surface area contributed by atoms with E-state index in [1.54, 1.807) is 0 Å². The molecule has 0 amide bonds. The number of allylic oxidation sites excluding steroid dienone is 1. The number of hydrogen-bond acceptors (Lipinski definition) is 0. The summed E-state index contributed by atoms with van der Waals surface area (Å²) in [7, 11) is -2.67. The van der Waals surface area contributed by atoms with E-state index in [1.807, 2.05) is 0 Å². The van der Waals surface area contributed by atoms with Crippen molar-refractivity contribution in [2.75, 3.05) is 0 Å². The predicted molar refractivity (Wildman–Crippen MR) is 43.5 cm³/mol. The molecule has 0 aliphatic carbocycles. The molecule has 0 aromatic carbocycles. The Balaban J connectivity index is 4.98. The number of rotatable bonds is 2. The summed E-state index contributed by atoms with van der Waals surface area (Å²) in [6.07, 6.45) is -5.52. The molecule has 0 aliphatic rings. The molecule has 0 heterocycles. The maximum atomic E-state index is 12.6. The number of alkyl halides is 5. The Morgan fingerprint density at radius 1 is 1.00 bits per heavy atom. The van der Waals surface area contributed by atoms with Gasteiger partial charge in [-0.15, -0.1) is 0 Å². The molecule has 0 aromatic rings. The van der Waals surface area contributed by atoms with Crippen molar-refractivity contribution >= 4 is 8.07 Å². The van der Waals surface area contributed by atoms with Crippen LogP contribution in [0.4, 0.5) is 22.0 Å². The third-order valence-electron chi connectivity index (χ3n) is 1.64. The zero-order valence-corrected chi connectivity index (χ0v) is 8.60. The molecule has 0 spiro atoms. The fourth-order valence-electron chi connectivity index (χ4n) is 0.642. The Labute approximate surface area is 74.4 Å². The van der Waals surface area contributed by atoms with Crippen molar-refractivity contribution in [1.82, 2.24) is 0 Å². The van der Waals surface area contributed by atoms with Crippen LogP contribution in [0, 0.1) is 0 Å². The van der Waals surface area contributed by atoms with Crippen molar-refractivity contribution < 1.29 is 22.0 Å². The smallest absolute Gasteiger partial charge is 0.192 e. The molecule has 0 saturated heterocycles. The molecule has 0 N–H and O–H groups in total. The quantitative estimate of drug-likeness (QED) is 0.490. The Morgan fingerprint density at radius 3 is 1.38 bits per heavy atom. The summed E-state index contributed by atoms with van der Waals surface area (Å²) >= 11 is 0. The van der Waals surface area contributed by atoms with E-state index in [9.17, 15) is 22.0 Å². The number of halogens is 5. The van der Waals surface area contributed by atoms with Crippen LogP contribution in [0.3, 0.4) is 0 Å². The SMILES string of the molecule is C=C(C(F)(F)C(F)(F)F)[Si](C)(C)C. The highest BCUT2D eigenvalue weighted by atomic mass is 28.3. The van der Waals surface area contributed by atoms with Crippen LogP contribution in [0.25, 0.3) is 0 Å². The van der Waals surface area contributed by atoms with Gasteiger partial charge in [0, 0.05) is 0 Å². The van der Waals surface area contributed by atoms with E-state index in [0.29, 0.717) is 0 Å². The Morgan fingerprint density at radius 2 is 1.31 bits per heavy atom. The van der Waals surface area contributed by atoms with E-state index >= 15 is 0 Å². The minimum absolute atomic E-state index is 0.979. The third-order valence-corrected chi connectivity index (χ3v) is 3.77. The van der Waals surface area contributed by atoms with Gasteiger partial charge in [-0.1, -0.05) is 26.2 Å². The lowest BCUT2D eigenvalue weighted by Gasteiger charge is -2.29. The van der Waals surface area contributed by atoms with Crippen molar-refractivity contribution in [2.45, 2.75) is 31.7 Å². The molecule has 0 nitrogen and oxygen atoms in total. The topological polar surface area (TPSA) is 0 Å². The van der Waals surface area contributed by atoms with E-state index in [2.05, 4.69) is 6.58 Å². The van der Waals surface area contributed by atoms with Crippen LogP contribution < -0.4 is 0 Å². The highest BCUT2D eigenvalue weighted by Gasteiger charge is 2.61. The largest absolute Gasteiger partial charge is 0.457 e. The molecule has 0 unspecified atom stereocenters. The lowest BCUT2D eigenvalue weighted by atomic mass is 10.3. The molecule has 0 fully saturated rings. The van der Waals surface area contributed by atoms with Crippen LogP contribution in [0.15, 0.2) is 11.8 Å². The summed E-state index contributed by atoms with van der Waals surface area (Å²) in [5.74, 6) is -4.75. The molecule has 0 bridgehead atoms. The first-order chi connectivity index (χ1) is 5.40. The summed E-state index contributed by atoms with van der Waals surface area (Å²) < 4.78 is 60.7. The van der Waals surface area contributed by atoms with Gasteiger partial charge in [0.15, 0.2) is 0 Å². The highest BCUT2D eigenvalue weighted by Crippen LogP contribution is 2.43.